The lowest BCUT2D eigenvalue weighted by atomic mass is 9.89. The fourth-order valence-electron chi connectivity index (χ4n) is 4.85. The minimum absolute atomic E-state index is 0.0133. The SMILES string of the molecule is Cc1ccc(-c2ccc(C)nc2)c(C(=O)N2CCC[C@@H](C)C2CNc2nc3cc(Cl)ccc3o2)c1. The number of fused-ring (bicyclic) bond motifs is 1. The molecule has 1 amide bonds. The van der Waals surface area contributed by atoms with Crippen LogP contribution in [0.25, 0.3) is 22.2 Å². The van der Waals surface area contributed by atoms with Crippen molar-refractivity contribution in [1.82, 2.24) is 14.9 Å². The summed E-state index contributed by atoms with van der Waals surface area (Å²) >= 11 is 6.08. The molecule has 5 rings (SSSR count). The zero-order chi connectivity index (χ0) is 24.5. The molecule has 1 fully saturated rings. The fourth-order valence-corrected chi connectivity index (χ4v) is 5.02. The van der Waals surface area contributed by atoms with Crippen LogP contribution in [0.2, 0.25) is 5.02 Å². The molecule has 35 heavy (non-hydrogen) atoms. The van der Waals surface area contributed by atoms with E-state index in [0.29, 0.717) is 40.2 Å². The average Bonchev–Trinajstić information content (AvgIpc) is 3.25. The van der Waals surface area contributed by atoms with Gasteiger partial charge in [0.1, 0.15) is 5.52 Å². The maximum atomic E-state index is 14.0. The largest absolute Gasteiger partial charge is 0.424 e. The van der Waals surface area contributed by atoms with Crippen LogP contribution in [0.3, 0.4) is 0 Å². The molecule has 180 valence electrons. The Morgan fingerprint density at radius 2 is 2.03 bits per heavy atom. The Labute approximate surface area is 210 Å². The topological polar surface area (TPSA) is 71.3 Å². The van der Waals surface area contributed by atoms with Gasteiger partial charge in [0, 0.05) is 41.1 Å². The van der Waals surface area contributed by atoms with Crippen LogP contribution in [-0.2, 0) is 0 Å². The van der Waals surface area contributed by atoms with Crippen molar-refractivity contribution in [3.63, 3.8) is 0 Å². The molecule has 1 aliphatic rings. The number of carbonyl (C=O) groups is 1. The summed E-state index contributed by atoms with van der Waals surface area (Å²) in [4.78, 5) is 25.0. The molecule has 4 aromatic rings. The minimum Gasteiger partial charge on any atom is -0.424 e. The van der Waals surface area contributed by atoms with Gasteiger partial charge in [-0.25, -0.2) is 0 Å². The highest BCUT2D eigenvalue weighted by Gasteiger charge is 2.33. The monoisotopic (exact) mass is 488 g/mol. The number of amides is 1. The van der Waals surface area contributed by atoms with Gasteiger partial charge in [-0.05, 0) is 68.5 Å². The number of carbonyl (C=O) groups excluding carboxylic acids is 1. The predicted octanol–water partition coefficient (Wildman–Crippen LogP) is 6.51. The van der Waals surface area contributed by atoms with Crippen molar-refractivity contribution >= 4 is 34.6 Å². The molecule has 0 saturated carbocycles. The summed E-state index contributed by atoms with van der Waals surface area (Å²) in [6, 6.07) is 15.9. The number of anilines is 1. The Hall–Kier alpha value is -3.38. The Bertz CT molecular complexity index is 1370. The van der Waals surface area contributed by atoms with E-state index in [0.717, 1.165) is 41.8 Å². The summed E-state index contributed by atoms with van der Waals surface area (Å²) in [7, 11) is 0. The molecule has 0 spiro atoms. The summed E-state index contributed by atoms with van der Waals surface area (Å²) in [5, 5.41) is 3.95. The van der Waals surface area contributed by atoms with E-state index in [1.165, 1.54) is 0 Å². The molecule has 2 aromatic heterocycles. The first-order chi connectivity index (χ1) is 16.9. The van der Waals surface area contributed by atoms with Crippen LogP contribution < -0.4 is 5.32 Å². The molecule has 2 aromatic carbocycles. The van der Waals surface area contributed by atoms with Crippen molar-refractivity contribution in [1.29, 1.82) is 0 Å². The van der Waals surface area contributed by atoms with Gasteiger partial charge >= 0.3 is 0 Å². The minimum atomic E-state index is 0.0133. The second-order valence-electron chi connectivity index (χ2n) is 9.43. The van der Waals surface area contributed by atoms with Gasteiger partial charge in [0.25, 0.3) is 11.9 Å². The van der Waals surface area contributed by atoms with Gasteiger partial charge in [-0.3, -0.25) is 9.78 Å². The smallest absolute Gasteiger partial charge is 0.295 e. The first-order valence-electron chi connectivity index (χ1n) is 12.0. The molecule has 6 nitrogen and oxygen atoms in total. The normalized spacial score (nSPS) is 18.1. The van der Waals surface area contributed by atoms with Crippen molar-refractivity contribution in [3.8, 4) is 11.1 Å². The Morgan fingerprint density at radius 3 is 2.83 bits per heavy atom. The molecular weight excluding hydrogens is 460 g/mol. The van der Waals surface area contributed by atoms with E-state index in [1.807, 2.05) is 61.3 Å². The van der Waals surface area contributed by atoms with Crippen LogP contribution >= 0.6 is 11.6 Å². The highest BCUT2D eigenvalue weighted by Crippen LogP contribution is 2.31. The van der Waals surface area contributed by atoms with E-state index in [-0.39, 0.29) is 11.9 Å². The van der Waals surface area contributed by atoms with E-state index >= 15 is 0 Å². The number of nitrogens with one attached hydrogen (secondary N) is 1. The van der Waals surface area contributed by atoms with Crippen molar-refractivity contribution in [3.05, 3.63) is 76.6 Å². The van der Waals surface area contributed by atoms with E-state index < -0.39 is 0 Å². The van der Waals surface area contributed by atoms with Gasteiger partial charge in [0.2, 0.25) is 0 Å². The second kappa shape index (κ2) is 9.70. The number of oxazole rings is 1. The first kappa shape index (κ1) is 23.4. The number of aromatic nitrogens is 2. The van der Waals surface area contributed by atoms with Crippen molar-refractivity contribution in [2.24, 2.45) is 5.92 Å². The molecule has 7 heteroatoms. The molecule has 0 bridgehead atoms. The van der Waals surface area contributed by atoms with Crippen molar-refractivity contribution < 1.29 is 9.21 Å². The van der Waals surface area contributed by atoms with Crippen LogP contribution in [0.5, 0.6) is 0 Å². The molecule has 1 unspecified atom stereocenters. The van der Waals surface area contributed by atoms with E-state index in [1.54, 1.807) is 12.1 Å². The molecule has 3 heterocycles. The Balaban J connectivity index is 1.42. The average molecular weight is 489 g/mol. The third-order valence-corrected chi connectivity index (χ3v) is 7.05. The Morgan fingerprint density at radius 1 is 1.17 bits per heavy atom. The van der Waals surface area contributed by atoms with Gasteiger partial charge in [0.05, 0.1) is 6.04 Å². The highest BCUT2D eigenvalue weighted by molar-refractivity contribution is 6.31. The second-order valence-corrected chi connectivity index (χ2v) is 9.87. The highest BCUT2D eigenvalue weighted by atomic mass is 35.5. The summed E-state index contributed by atoms with van der Waals surface area (Å²) in [6.45, 7) is 7.46. The van der Waals surface area contributed by atoms with Gasteiger partial charge < -0.3 is 14.6 Å². The number of nitrogens with zero attached hydrogens (tertiary/aromatic N) is 3. The molecule has 0 radical (unpaired) electrons. The third kappa shape index (κ3) is 4.89. The number of piperidine rings is 1. The standard InChI is InChI=1S/C28H29ClN4O2/c1-17-6-10-22(20-8-7-19(3)30-15-20)23(13-17)27(34)33-12-4-5-18(2)25(33)16-31-28-32-24-14-21(29)9-11-26(24)35-28/h6-11,13-15,18,25H,4-5,12,16H2,1-3H3,(H,31,32)/t18-,25?/m1/s1. The molecule has 1 aliphatic heterocycles. The predicted molar refractivity (Wildman–Crippen MR) is 140 cm³/mol. The zero-order valence-electron chi connectivity index (χ0n) is 20.2. The van der Waals surface area contributed by atoms with Crippen molar-refractivity contribution in [2.45, 2.75) is 39.7 Å². The summed E-state index contributed by atoms with van der Waals surface area (Å²) in [5.74, 6) is 0.389. The van der Waals surface area contributed by atoms with Crippen LogP contribution in [0.15, 0.2) is 59.1 Å². The van der Waals surface area contributed by atoms with Crippen molar-refractivity contribution in [2.75, 3.05) is 18.4 Å². The van der Waals surface area contributed by atoms with Gasteiger partial charge in [-0.2, -0.15) is 4.98 Å². The quantitative estimate of drug-likeness (QED) is 0.346. The van der Waals surface area contributed by atoms with Crippen LogP contribution in [0, 0.1) is 19.8 Å². The molecule has 2 atom stereocenters. The van der Waals surface area contributed by atoms with E-state index in [2.05, 4.69) is 22.2 Å². The number of halogens is 1. The molecular formula is C28H29ClN4O2. The summed E-state index contributed by atoms with van der Waals surface area (Å²) < 4.78 is 5.84. The number of rotatable bonds is 5. The number of hydrogen-bond donors (Lipinski definition) is 1. The third-order valence-electron chi connectivity index (χ3n) is 6.82. The van der Waals surface area contributed by atoms with Crippen LogP contribution in [0.4, 0.5) is 6.01 Å². The number of hydrogen-bond acceptors (Lipinski definition) is 5. The number of aryl methyl sites for hydroxylation is 2. The van der Waals surface area contributed by atoms with Gasteiger partial charge in [0.15, 0.2) is 5.58 Å². The van der Waals surface area contributed by atoms with E-state index in [4.69, 9.17) is 16.0 Å². The lowest BCUT2D eigenvalue weighted by Crippen LogP contribution is -2.51. The summed E-state index contributed by atoms with van der Waals surface area (Å²) in [6.07, 6.45) is 3.90. The first-order valence-corrected chi connectivity index (χ1v) is 12.4. The lowest BCUT2D eigenvalue weighted by molar-refractivity contribution is 0.0540. The molecule has 1 saturated heterocycles. The Kier molecular flexibility index (Phi) is 6.48. The number of pyridine rings is 1. The summed E-state index contributed by atoms with van der Waals surface area (Å²) in [5.41, 5.74) is 5.97. The lowest BCUT2D eigenvalue weighted by Gasteiger charge is -2.40. The fraction of sp³-hybridized carbons (Fsp3) is 0.321. The zero-order valence-corrected chi connectivity index (χ0v) is 21.0. The van der Waals surface area contributed by atoms with Crippen LogP contribution in [-0.4, -0.2) is 39.9 Å². The number of likely N-dealkylation sites (tertiary alicyclic amines) is 1. The maximum absolute atomic E-state index is 14.0. The van der Waals surface area contributed by atoms with Crippen LogP contribution in [0.1, 0.15) is 41.4 Å². The maximum Gasteiger partial charge on any atom is 0.295 e. The molecule has 1 N–H and O–H groups in total. The van der Waals surface area contributed by atoms with Gasteiger partial charge in [-0.1, -0.05) is 42.3 Å². The van der Waals surface area contributed by atoms with Gasteiger partial charge in [-0.15, -0.1) is 0 Å². The van der Waals surface area contributed by atoms with E-state index in [9.17, 15) is 4.79 Å². The number of benzene rings is 2. The molecule has 0 aliphatic carbocycles.